The maximum atomic E-state index is 12.2. The zero-order chi connectivity index (χ0) is 16.3. The molecule has 0 aromatic heterocycles. The number of hydrogen-bond donors (Lipinski definition) is 1. The lowest BCUT2D eigenvalue weighted by Gasteiger charge is -2.24. The van der Waals surface area contributed by atoms with E-state index in [2.05, 4.69) is 5.32 Å². The third-order valence-corrected chi connectivity index (χ3v) is 5.68. The SMILES string of the molecule is COc1ccc(C)cc1NCC(=O)N(C)C1CCS(=O)(=O)C1. The lowest BCUT2D eigenvalue weighted by molar-refractivity contribution is -0.129. The summed E-state index contributed by atoms with van der Waals surface area (Å²) in [6.45, 7) is 2.06. The number of benzene rings is 1. The topological polar surface area (TPSA) is 75.7 Å². The quantitative estimate of drug-likeness (QED) is 0.876. The van der Waals surface area contributed by atoms with Crippen LogP contribution in [0, 0.1) is 6.92 Å². The van der Waals surface area contributed by atoms with Crippen molar-refractivity contribution in [2.45, 2.75) is 19.4 Å². The molecule has 0 spiro atoms. The molecule has 1 aromatic rings. The van der Waals surface area contributed by atoms with Crippen molar-refractivity contribution in [3.05, 3.63) is 23.8 Å². The summed E-state index contributed by atoms with van der Waals surface area (Å²) >= 11 is 0. The fourth-order valence-corrected chi connectivity index (χ4v) is 4.31. The summed E-state index contributed by atoms with van der Waals surface area (Å²) in [5.41, 5.74) is 1.81. The monoisotopic (exact) mass is 326 g/mol. The van der Waals surface area contributed by atoms with Crippen molar-refractivity contribution in [2.75, 3.05) is 37.5 Å². The van der Waals surface area contributed by atoms with Gasteiger partial charge in [-0.2, -0.15) is 0 Å². The minimum atomic E-state index is -2.99. The Morgan fingerprint density at radius 1 is 1.45 bits per heavy atom. The van der Waals surface area contributed by atoms with E-state index in [1.165, 1.54) is 4.90 Å². The Morgan fingerprint density at radius 2 is 2.18 bits per heavy atom. The highest BCUT2D eigenvalue weighted by Gasteiger charge is 2.32. The lowest BCUT2D eigenvalue weighted by atomic mass is 10.2. The van der Waals surface area contributed by atoms with Crippen LogP contribution in [0.1, 0.15) is 12.0 Å². The van der Waals surface area contributed by atoms with Gasteiger partial charge in [-0.05, 0) is 31.0 Å². The second kappa shape index (κ2) is 6.56. The Morgan fingerprint density at radius 3 is 2.77 bits per heavy atom. The van der Waals surface area contributed by atoms with Gasteiger partial charge in [0.25, 0.3) is 0 Å². The molecule has 1 atom stereocenters. The van der Waals surface area contributed by atoms with Gasteiger partial charge in [0.15, 0.2) is 9.84 Å². The van der Waals surface area contributed by atoms with Gasteiger partial charge in [0.2, 0.25) is 5.91 Å². The number of methoxy groups -OCH3 is 1. The zero-order valence-electron chi connectivity index (χ0n) is 13.1. The number of likely N-dealkylation sites (N-methyl/N-ethyl adjacent to an activating group) is 1. The molecule has 1 aliphatic heterocycles. The summed E-state index contributed by atoms with van der Waals surface area (Å²) in [5.74, 6) is 0.757. The summed E-state index contributed by atoms with van der Waals surface area (Å²) in [6, 6.07) is 5.46. The minimum Gasteiger partial charge on any atom is -0.495 e. The first-order valence-corrected chi connectivity index (χ1v) is 8.99. The number of sulfone groups is 1. The van der Waals surface area contributed by atoms with Crippen molar-refractivity contribution < 1.29 is 17.9 Å². The van der Waals surface area contributed by atoms with Gasteiger partial charge in [-0.15, -0.1) is 0 Å². The van der Waals surface area contributed by atoms with Crippen molar-refractivity contribution in [3.63, 3.8) is 0 Å². The van der Waals surface area contributed by atoms with Crippen molar-refractivity contribution in [2.24, 2.45) is 0 Å². The number of amides is 1. The first-order valence-electron chi connectivity index (χ1n) is 7.17. The molecule has 22 heavy (non-hydrogen) atoms. The van der Waals surface area contributed by atoms with E-state index in [1.807, 2.05) is 25.1 Å². The number of nitrogens with zero attached hydrogens (tertiary/aromatic N) is 1. The summed E-state index contributed by atoms with van der Waals surface area (Å²) < 4.78 is 28.2. The normalized spacial score (nSPS) is 19.7. The molecule has 1 saturated heterocycles. The third kappa shape index (κ3) is 3.91. The van der Waals surface area contributed by atoms with E-state index in [1.54, 1.807) is 14.2 Å². The van der Waals surface area contributed by atoms with Gasteiger partial charge in [0, 0.05) is 13.1 Å². The Labute approximate surface area is 131 Å². The van der Waals surface area contributed by atoms with E-state index < -0.39 is 9.84 Å². The highest BCUT2D eigenvalue weighted by molar-refractivity contribution is 7.91. The summed E-state index contributed by atoms with van der Waals surface area (Å²) in [5, 5.41) is 3.06. The predicted octanol–water partition coefficient (Wildman–Crippen LogP) is 1.06. The highest BCUT2D eigenvalue weighted by atomic mass is 32.2. The maximum Gasteiger partial charge on any atom is 0.241 e. The van der Waals surface area contributed by atoms with E-state index in [9.17, 15) is 13.2 Å². The molecule has 0 bridgehead atoms. The smallest absolute Gasteiger partial charge is 0.241 e. The van der Waals surface area contributed by atoms with Crippen LogP contribution in [0.2, 0.25) is 0 Å². The number of aryl methyl sites for hydroxylation is 1. The van der Waals surface area contributed by atoms with Crippen molar-refractivity contribution in [3.8, 4) is 5.75 Å². The maximum absolute atomic E-state index is 12.2. The first-order chi connectivity index (χ1) is 10.3. The standard InChI is InChI=1S/C15H22N2O4S/c1-11-4-5-14(21-3)13(8-11)16-9-15(18)17(2)12-6-7-22(19,20)10-12/h4-5,8,12,16H,6-7,9-10H2,1-3H3. The number of anilines is 1. The fraction of sp³-hybridized carbons (Fsp3) is 0.533. The van der Waals surface area contributed by atoms with E-state index >= 15 is 0 Å². The number of rotatable bonds is 5. The Balaban J connectivity index is 1.97. The molecular formula is C15H22N2O4S. The lowest BCUT2D eigenvalue weighted by Crippen LogP contribution is -2.40. The van der Waals surface area contributed by atoms with Crippen LogP contribution >= 0.6 is 0 Å². The molecule has 1 heterocycles. The molecule has 6 nitrogen and oxygen atoms in total. The molecule has 0 aliphatic carbocycles. The van der Waals surface area contributed by atoms with Crippen molar-refractivity contribution >= 4 is 21.4 Å². The van der Waals surface area contributed by atoms with Gasteiger partial charge < -0.3 is 15.0 Å². The molecule has 2 rings (SSSR count). The molecular weight excluding hydrogens is 304 g/mol. The minimum absolute atomic E-state index is 0.0585. The van der Waals surface area contributed by atoms with Gasteiger partial charge in [0.1, 0.15) is 5.75 Å². The van der Waals surface area contributed by atoms with Crippen LogP contribution in [-0.2, 0) is 14.6 Å². The van der Waals surface area contributed by atoms with Crippen LogP contribution in [0.15, 0.2) is 18.2 Å². The van der Waals surface area contributed by atoms with Gasteiger partial charge in [0.05, 0.1) is 30.8 Å². The van der Waals surface area contributed by atoms with Crippen LogP contribution in [0.4, 0.5) is 5.69 Å². The number of carbonyl (C=O) groups excluding carboxylic acids is 1. The van der Waals surface area contributed by atoms with Gasteiger partial charge in [-0.3, -0.25) is 4.79 Å². The second-order valence-electron chi connectivity index (χ2n) is 5.62. The van der Waals surface area contributed by atoms with E-state index in [0.717, 1.165) is 11.3 Å². The van der Waals surface area contributed by atoms with Crippen molar-refractivity contribution in [1.82, 2.24) is 4.90 Å². The number of carbonyl (C=O) groups is 1. The fourth-order valence-electron chi connectivity index (χ4n) is 2.54. The molecule has 122 valence electrons. The van der Waals surface area contributed by atoms with Crippen LogP contribution in [0.3, 0.4) is 0 Å². The molecule has 1 aromatic carbocycles. The van der Waals surface area contributed by atoms with E-state index in [0.29, 0.717) is 12.2 Å². The van der Waals surface area contributed by atoms with Gasteiger partial charge >= 0.3 is 0 Å². The molecule has 1 amide bonds. The first kappa shape index (κ1) is 16.6. The van der Waals surface area contributed by atoms with Crippen LogP contribution in [-0.4, -0.2) is 57.5 Å². The van der Waals surface area contributed by atoms with Crippen LogP contribution < -0.4 is 10.1 Å². The molecule has 0 saturated carbocycles. The van der Waals surface area contributed by atoms with Crippen molar-refractivity contribution in [1.29, 1.82) is 0 Å². The molecule has 0 radical (unpaired) electrons. The average molecular weight is 326 g/mol. The molecule has 1 N–H and O–H groups in total. The third-order valence-electron chi connectivity index (χ3n) is 3.93. The Hall–Kier alpha value is -1.76. The molecule has 1 unspecified atom stereocenters. The highest BCUT2D eigenvalue weighted by Crippen LogP contribution is 2.25. The number of ether oxygens (including phenoxy) is 1. The average Bonchev–Trinajstić information content (AvgIpc) is 2.84. The largest absolute Gasteiger partial charge is 0.495 e. The van der Waals surface area contributed by atoms with E-state index in [4.69, 9.17) is 4.74 Å². The zero-order valence-corrected chi connectivity index (χ0v) is 13.9. The summed E-state index contributed by atoms with van der Waals surface area (Å²) in [7, 11) is 0.241. The van der Waals surface area contributed by atoms with Crippen LogP contribution in [0.25, 0.3) is 0 Å². The number of nitrogens with one attached hydrogen (secondary N) is 1. The predicted molar refractivity (Wildman–Crippen MR) is 86.0 cm³/mol. The Kier molecular flexibility index (Phi) is 4.95. The van der Waals surface area contributed by atoms with Crippen LogP contribution in [0.5, 0.6) is 5.75 Å². The molecule has 1 fully saturated rings. The molecule has 1 aliphatic rings. The molecule has 7 heteroatoms. The van der Waals surface area contributed by atoms with Gasteiger partial charge in [-0.25, -0.2) is 8.42 Å². The summed E-state index contributed by atoms with van der Waals surface area (Å²) in [4.78, 5) is 13.8. The Bertz CT molecular complexity index is 658. The summed E-state index contributed by atoms with van der Waals surface area (Å²) in [6.07, 6.45) is 0.512. The van der Waals surface area contributed by atoms with E-state index in [-0.39, 0.29) is 30.0 Å². The second-order valence-corrected chi connectivity index (χ2v) is 7.85. The van der Waals surface area contributed by atoms with Gasteiger partial charge in [-0.1, -0.05) is 6.07 Å². The number of hydrogen-bond acceptors (Lipinski definition) is 5.